The first-order chi connectivity index (χ1) is 12.9. The van der Waals surface area contributed by atoms with Gasteiger partial charge in [0, 0.05) is 26.3 Å². The molecule has 0 heterocycles. The molecule has 3 heteroatoms. The summed E-state index contributed by atoms with van der Waals surface area (Å²) in [5.74, 6) is 0.0300. The van der Waals surface area contributed by atoms with E-state index in [0.29, 0.717) is 0 Å². The second-order valence-corrected chi connectivity index (χ2v) is 7.28. The zero-order valence-electron chi connectivity index (χ0n) is 16.4. The van der Waals surface area contributed by atoms with Crippen LogP contribution in [0.25, 0.3) is 5.57 Å². The number of nitrogens with zero attached hydrogens (tertiary/aromatic N) is 2. The largest absolute Gasteiger partial charge is 0.378 e. The van der Waals surface area contributed by atoms with Gasteiger partial charge in [-0.2, -0.15) is 0 Å². The van der Waals surface area contributed by atoms with Crippen LogP contribution in [-0.2, 0) is 11.3 Å². The SMILES string of the molecule is CN(C)Cc1ccc(C(=C2C=CC(=O)C=C2)c2ccc(N(C)C)cc2)cc1. The van der Waals surface area contributed by atoms with Gasteiger partial charge in [0.05, 0.1) is 0 Å². The van der Waals surface area contributed by atoms with Crippen LogP contribution in [0.4, 0.5) is 5.69 Å². The van der Waals surface area contributed by atoms with Gasteiger partial charge in [0.1, 0.15) is 0 Å². The number of carbonyl (C=O) groups is 1. The number of carbonyl (C=O) groups excluding carboxylic acids is 1. The maximum atomic E-state index is 11.6. The summed E-state index contributed by atoms with van der Waals surface area (Å²) in [4.78, 5) is 15.8. The van der Waals surface area contributed by atoms with Gasteiger partial charge in [0.15, 0.2) is 5.78 Å². The Morgan fingerprint density at radius 1 is 0.741 bits per heavy atom. The second-order valence-electron chi connectivity index (χ2n) is 7.28. The lowest BCUT2D eigenvalue weighted by molar-refractivity contribution is -0.110. The molecule has 0 radical (unpaired) electrons. The summed E-state index contributed by atoms with van der Waals surface area (Å²) < 4.78 is 0. The second kappa shape index (κ2) is 8.19. The van der Waals surface area contributed by atoms with Crippen LogP contribution >= 0.6 is 0 Å². The van der Waals surface area contributed by atoms with Crippen molar-refractivity contribution in [3.63, 3.8) is 0 Å². The Balaban J connectivity index is 2.06. The van der Waals surface area contributed by atoms with E-state index in [1.165, 1.54) is 5.56 Å². The molecule has 2 aromatic carbocycles. The van der Waals surface area contributed by atoms with Gasteiger partial charge in [-0.05, 0) is 66.2 Å². The number of benzene rings is 2. The predicted molar refractivity (Wildman–Crippen MR) is 114 cm³/mol. The van der Waals surface area contributed by atoms with E-state index in [9.17, 15) is 4.79 Å². The van der Waals surface area contributed by atoms with Gasteiger partial charge in [-0.3, -0.25) is 4.79 Å². The highest BCUT2D eigenvalue weighted by Crippen LogP contribution is 2.31. The van der Waals surface area contributed by atoms with Crippen LogP contribution in [0.3, 0.4) is 0 Å². The molecule has 0 amide bonds. The first-order valence-corrected chi connectivity index (χ1v) is 9.10. The molecule has 1 aliphatic carbocycles. The lowest BCUT2D eigenvalue weighted by Crippen LogP contribution is -2.10. The Hall–Kier alpha value is -2.91. The van der Waals surface area contributed by atoms with Gasteiger partial charge in [0.25, 0.3) is 0 Å². The van der Waals surface area contributed by atoms with E-state index in [0.717, 1.165) is 34.5 Å². The smallest absolute Gasteiger partial charge is 0.178 e. The minimum absolute atomic E-state index is 0.0300. The van der Waals surface area contributed by atoms with E-state index in [-0.39, 0.29) is 5.78 Å². The molecule has 0 aliphatic heterocycles. The number of anilines is 1. The van der Waals surface area contributed by atoms with Gasteiger partial charge in [0.2, 0.25) is 0 Å². The van der Waals surface area contributed by atoms with Crippen LogP contribution in [0, 0.1) is 0 Å². The maximum absolute atomic E-state index is 11.6. The van der Waals surface area contributed by atoms with Gasteiger partial charge >= 0.3 is 0 Å². The minimum atomic E-state index is 0.0300. The fourth-order valence-corrected chi connectivity index (χ4v) is 3.19. The van der Waals surface area contributed by atoms with Gasteiger partial charge < -0.3 is 9.80 Å². The normalized spacial score (nSPS) is 13.4. The van der Waals surface area contributed by atoms with E-state index in [2.05, 4.69) is 72.4 Å². The maximum Gasteiger partial charge on any atom is 0.178 e. The number of hydrogen-bond acceptors (Lipinski definition) is 3. The topological polar surface area (TPSA) is 23.6 Å². The third-order valence-electron chi connectivity index (χ3n) is 4.56. The van der Waals surface area contributed by atoms with Crippen LogP contribution < -0.4 is 4.90 Å². The third kappa shape index (κ3) is 4.63. The Bertz CT molecular complexity index is 880. The molecule has 0 saturated heterocycles. The van der Waals surface area contributed by atoms with E-state index >= 15 is 0 Å². The summed E-state index contributed by atoms with van der Waals surface area (Å²) in [5.41, 5.74) is 6.91. The Kier molecular flexibility index (Phi) is 5.72. The first-order valence-electron chi connectivity index (χ1n) is 9.10. The number of ketones is 1. The molecule has 2 aromatic rings. The highest BCUT2D eigenvalue weighted by Gasteiger charge is 2.12. The summed E-state index contributed by atoms with van der Waals surface area (Å²) in [5, 5.41) is 0. The van der Waals surface area contributed by atoms with Crippen molar-refractivity contribution in [3.8, 4) is 0 Å². The molecule has 0 N–H and O–H groups in total. The zero-order valence-corrected chi connectivity index (χ0v) is 16.4. The van der Waals surface area contributed by atoms with Crippen molar-refractivity contribution < 1.29 is 4.79 Å². The average molecular weight is 358 g/mol. The fraction of sp³-hybridized carbons (Fsp3) is 0.208. The molecule has 0 spiro atoms. The number of hydrogen-bond donors (Lipinski definition) is 0. The molecule has 3 nitrogen and oxygen atoms in total. The van der Waals surface area contributed by atoms with Crippen LogP contribution in [0.2, 0.25) is 0 Å². The fourth-order valence-electron chi connectivity index (χ4n) is 3.19. The number of allylic oxidation sites excluding steroid dienone is 5. The van der Waals surface area contributed by atoms with Crippen molar-refractivity contribution >= 4 is 17.0 Å². The molecule has 3 rings (SSSR count). The van der Waals surface area contributed by atoms with Gasteiger partial charge in [-0.25, -0.2) is 0 Å². The molecule has 0 unspecified atom stereocenters. The molecular weight excluding hydrogens is 332 g/mol. The quantitative estimate of drug-likeness (QED) is 0.796. The van der Waals surface area contributed by atoms with Crippen LogP contribution in [0.5, 0.6) is 0 Å². The Morgan fingerprint density at radius 3 is 1.74 bits per heavy atom. The first kappa shape index (κ1) is 18.9. The number of rotatable bonds is 5. The molecule has 0 fully saturated rings. The third-order valence-corrected chi connectivity index (χ3v) is 4.56. The summed E-state index contributed by atoms with van der Waals surface area (Å²) >= 11 is 0. The van der Waals surface area contributed by atoms with Crippen molar-refractivity contribution in [1.82, 2.24) is 4.90 Å². The lowest BCUT2D eigenvalue weighted by atomic mass is 9.90. The Morgan fingerprint density at radius 2 is 1.26 bits per heavy atom. The molecule has 0 aromatic heterocycles. The molecule has 0 saturated carbocycles. The monoisotopic (exact) mass is 358 g/mol. The summed E-state index contributed by atoms with van der Waals surface area (Å²) in [6.07, 6.45) is 7.07. The highest BCUT2D eigenvalue weighted by atomic mass is 16.1. The van der Waals surface area contributed by atoms with Gasteiger partial charge in [-0.15, -0.1) is 0 Å². The van der Waals surface area contributed by atoms with E-state index in [4.69, 9.17) is 0 Å². The van der Waals surface area contributed by atoms with E-state index in [1.54, 1.807) is 12.2 Å². The molecule has 138 valence electrons. The van der Waals surface area contributed by atoms with Crippen molar-refractivity contribution in [2.45, 2.75) is 6.54 Å². The van der Waals surface area contributed by atoms with Crippen molar-refractivity contribution in [1.29, 1.82) is 0 Å². The molecular formula is C24H26N2O. The Labute approximate surface area is 161 Å². The predicted octanol–water partition coefficient (Wildman–Crippen LogP) is 4.31. The van der Waals surface area contributed by atoms with Crippen molar-refractivity contribution in [2.24, 2.45) is 0 Å². The average Bonchev–Trinajstić information content (AvgIpc) is 2.65. The standard InChI is InChI=1S/C24H26N2O/c1-25(2)17-18-5-7-19(8-6-18)24(21-11-15-23(27)16-12-21)20-9-13-22(14-10-20)26(3)4/h5-16H,17H2,1-4H3. The van der Waals surface area contributed by atoms with Crippen molar-refractivity contribution in [3.05, 3.63) is 95.1 Å². The summed E-state index contributed by atoms with van der Waals surface area (Å²) in [6.45, 7) is 0.915. The zero-order chi connectivity index (χ0) is 19.4. The molecule has 1 aliphatic rings. The van der Waals surface area contributed by atoms with Gasteiger partial charge in [-0.1, -0.05) is 48.6 Å². The van der Waals surface area contributed by atoms with Crippen LogP contribution in [-0.4, -0.2) is 38.9 Å². The van der Waals surface area contributed by atoms with Crippen molar-refractivity contribution in [2.75, 3.05) is 33.1 Å². The van der Waals surface area contributed by atoms with Crippen LogP contribution in [0.15, 0.2) is 78.4 Å². The van der Waals surface area contributed by atoms with Crippen LogP contribution in [0.1, 0.15) is 16.7 Å². The lowest BCUT2D eigenvalue weighted by Gasteiger charge is -2.17. The molecule has 0 atom stereocenters. The molecule has 27 heavy (non-hydrogen) atoms. The summed E-state index contributed by atoms with van der Waals surface area (Å²) in [6, 6.07) is 17.2. The van der Waals surface area contributed by atoms with E-state index in [1.807, 2.05) is 26.2 Å². The van der Waals surface area contributed by atoms with E-state index < -0.39 is 0 Å². The minimum Gasteiger partial charge on any atom is -0.378 e. The molecule has 0 bridgehead atoms. The summed E-state index contributed by atoms with van der Waals surface area (Å²) in [7, 11) is 8.22. The highest BCUT2D eigenvalue weighted by molar-refractivity contribution is 6.03.